The lowest BCUT2D eigenvalue weighted by Crippen LogP contribution is -2.37. The number of nitrogens with zero attached hydrogens (tertiary/aromatic N) is 2. The predicted molar refractivity (Wildman–Crippen MR) is 126 cm³/mol. The quantitative estimate of drug-likeness (QED) is 0.166. The summed E-state index contributed by atoms with van der Waals surface area (Å²) in [6.45, 7) is 2.05. The highest BCUT2D eigenvalue weighted by Crippen LogP contribution is 2.60. The van der Waals surface area contributed by atoms with Gasteiger partial charge in [0.15, 0.2) is 0 Å². The Morgan fingerprint density at radius 1 is 1.12 bits per heavy atom. The fourth-order valence-corrected chi connectivity index (χ4v) is 7.34. The molecule has 4 rings (SSSR count). The van der Waals surface area contributed by atoms with Gasteiger partial charge in [-0.05, 0) is 44.1 Å². The number of alkyl halides is 2. The summed E-state index contributed by atoms with van der Waals surface area (Å²) >= 11 is 7.38. The number of halogens is 2. The molecule has 3 amide bonds. The first-order valence-electron chi connectivity index (χ1n) is 10.9. The molecule has 3 aliphatic rings. The molecule has 1 aromatic rings. The van der Waals surface area contributed by atoms with Gasteiger partial charge in [0.1, 0.15) is 0 Å². The van der Waals surface area contributed by atoms with Crippen molar-refractivity contribution < 1.29 is 19.3 Å². The van der Waals surface area contributed by atoms with E-state index >= 15 is 0 Å². The highest BCUT2D eigenvalue weighted by Gasteiger charge is 2.66. The number of rotatable bonds is 8. The number of carbonyl (C=O) groups is 3. The Bertz CT molecular complexity index is 939. The van der Waals surface area contributed by atoms with Gasteiger partial charge in [-0.3, -0.25) is 29.4 Å². The molecule has 1 aromatic carbocycles. The molecule has 2 saturated carbocycles. The Hall–Kier alpha value is -1.81. The monoisotopic (exact) mass is 569 g/mol. The van der Waals surface area contributed by atoms with Crippen molar-refractivity contribution in [1.29, 1.82) is 0 Å². The summed E-state index contributed by atoms with van der Waals surface area (Å²) in [4.78, 5) is 50.4. The molecule has 1 aliphatic heterocycles. The second-order valence-corrected chi connectivity index (χ2v) is 11.1. The van der Waals surface area contributed by atoms with Gasteiger partial charge in [-0.25, -0.2) is 0 Å². The fraction of sp³-hybridized carbons (Fsp3) is 0.591. The Labute approximate surface area is 202 Å². The lowest BCUT2D eigenvalue weighted by atomic mass is 9.81. The maximum atomic E-state index is 12.9. The van der Waals surface area contributed by atoms with Crippen molar-refractivity contribution in [3.63, 3.8) is 0 Å². The molecule has 8 nitrogen and oxygen atoms in total. The minimum atomic E-state index is -0.471. The molecular weight excluding hydrogens is 546 g/mol. The minimum Gasteiger partial charge on any atom is -0.326 e. The Balaban J connectivity index is 1.21. The van der Waals surface area contributed by atoms with E-state index in [2.05, 4.69) is 37.2 Å². The van der Waals surface area contributed by atoms with Crippen LogP contribution in [0, 0.1) is 40.7 Å². The van der Waals surface area contributed by atoms with E-state index in [-0.39, 0.29) is 63.2 Å². The number of aryl methyl sites for hydroxylation is 1. The SMILES string of the molecule is Cc1ccc(NC(=O)CCCCCN2C(=O)[C@@H]3[C@H]4C[C@@H]([C@H](Br)[C@H]4Br)[C@@H]3C2=O)cc1[N+](=O)[O-]. The first kappa shape index (κ1) is 23.4. The second kappa shape index (κ2) is 9.21. The highest BCUT2D eigenvalue weighted by molar-refractivity contribution is 9.12. The van der Waals surface area contributed by atoms with Crippen molar-refractivity contribution in [1.82, 2.24) is 4.90 Å². The van der Waals surface area contributed by atoms with Gasteiger partial charge in [-0.1, -0.05) is 44.3 Å². The van der Waals surface area contributed by atoms with Gasteiger partial charge >= 0.3 is 0 Å². The number of unbranched alkanes of at least 4 members (excludes halogenated alkanes) is 2. The Morgan fingerprint density at radius 3 is 2.34 bits per heavy atom. The van der Waals surface area contributed by atoms with Gasteiger partial charge in [0.05, 0.1) is 16.8 Å². The van der Waals surface area contributed by atoms with Crippen LogP contribution in [0.15, 0.2) is 18.2 Å². The van der Waals surface area contributed by atoms with E-state index in [4.69, 9.17) is 0 Å². The largest absolute Gasteiger partial charge is 0.326 e. The van der Waals surface area contributed by atoms with Crippen molar-refractivity contribution in [2.75, 3.05) is 11.9 Å². The van der Waals surface area contributed by atoms with Crippen LogP contribution in [0.4, 0.5) is 11.4 Å². The molecule has 1 saturated heterocycles. The third-order valence-electron chi connectivity index (χ3n) is 7.05. The molecule has 32 heavy (non-hydrogen) atoms. The summed E-state index contributed by atoms with van der Waals surface area (Å²) in [7, 11) is 0. The molecule has 10 heteroatoms. The summed E-state index contributed by atoms with van der Waals surface area (Å²) < 4.78 is 0. The average Bonchev–Trinajstić information content (AvgIpc) is 3.35. The number of amides is 3. The number of nitro groups is 1. The van der Waals surface area contributed by atoms with Gasteiger partial charge in [0, 0.05) is 39.9 Å². The van der Waals surface area contributed by atoms with E-state index in [9.17, 15) is 24.5 Å². The molecule has 0 unspecified atom stereocenters. The van der Waals surface area contributed by atoms with Crippen LogP contribution in [0.1, 0.15) is 37.7 Å². The topological polar surface area (TPSA) is 110 Å². The molecule has 3 fully saturated rings. The second-order valence-electron chi connectivity index (χ2n) is 8.95. The van der Waals surface area contributed by atoms with Crippen molar-refractivity contribution in [2.24, 2.45) is 23.7 Å². The standard InChI is InChI=1S/C22H25Br2N3O5/c1-11-6-7-12(9-15(11)27(31)32)25-16(28)5-3-2-4-8-26-21(29)17-13-10-14(18(17)22(26)30)20(24)19(13)23/h6-7,9,13-14,17-20H,2-5,8,10H2,1H3,(H,25,28)/t13-,14-,17-,18+,19+,20+/m1/s1. The van der Waals surface area contributed by atoms with Crippen molar-refractivity contribution in [3.8, 4) is 0 Å². The summed E-state index contributed by atoms with van der Waals surface area (Å²) in [5.41, 5.74) is 0.907. The first-order chi connectivity index (χ1) is 15.2. The van der Waals surface area contributed by atoms with Gasteiger partial charge in [0.2, 0.25) is 17.7 Å². The lowest BCUT2D eigenvalue weighted by Gasteiger charge is -2.28. The summed E-state index contributed by atoms with van der Waals surface area (Å²) in [5, 5.41) is 13.7. The molecule has 0 spiro atoms. The van der Waals surface area contributed by atoms with Gasteiger partial charge in [-0.15, -0.1) is 0 Å². The van der Waals surface area contributed by atoms with Gasteiger partial charge in [0.25, 0.3) is 5.69 Å². The third-order valence-corrected chi connectivity index (χ3v) is 10.3. The van der Waals surface area contributed by atoms with E-state index in [1.54, 1.807) is 19.1 Å². The number of fused-ring (bicyclic) bond motifs is 5. The van der Waals surface area contributed by atoms with Crippen LogP contribution in [0.5, 0.6) is 0 Å². The highest BCUT2D eigenvalue weighted by atomic mass is 79.9. The summed E-state index contributed by atoms with van der Waals surface area (Å²) in [6, 6.07) is 4.61. The zero-order valence-electron chi connectivity index (χ0n) is 17.6. The zero-order valence-corrected chi connectivity index (χ0v) is 20.8. The molecule has 1 N–H and O–H groups in total. The summed E-state index contributed by atoms with van der Waals surface area (Å²) in [6.07, 6.45) is 3.18. The van der Waals surface area contributed by atoms with Crippen LogP contribution in [0.3, 0.4) is 0 Å². The summed E-state index contributed by atoms with van der Waals surface area (Å²) in [5.74, 6) is -0.210. The van der Waals surface area contributed by atoms with Gasteiger partial charge < -0.3 is 5.32 Å². The Kier molecular flexibility index (Phi) is 6.72. The molecule has 0 aromatic heterocycles. The van der Waals surface area contributed by atoms with Crippen molar-refractivity contribution in [3.05, 3.63) is 33.9 Å². The first-order valence-corrected chi connectivity index (χ1v) is 12.7. The van der Waals surface area contributed by atoms with Crippen LogP contribution >= 0.6 is 31.9 Å². The molecular formula is C22H25Br2N3O5. The van der Waals surface area contributed by atoms with E-state index in [1.165, 1.54) is 11.0 Å². The number of likely N-dealkylation sites (tertiary alicyclic amines) is 1. The maximum Gasteiger partial charge on any atom is 0.274 e. The van der Waals surface area contributed by atoms with Crippen molar-refractivity contribution >= 4 is 61.0 Å². The van der Waals surface area contributed by atoms with Crippen molar-refractivity contribution in [2.45, 2.75) is 48.7 Å². The molecule has 0 radical (unpaired) electrons. The number of imide groups is 1. The number of carbonyl (C=O) groups excluding carboxylic acids is 3. The normalized spacial score (nSPS) is 30.7. The predicted octanol–water partition coefficient (Wildman–Crippen LogP) is 4.18. The zero-order chi connectivity index (χ0) is 23.2. The van der Waals surface area contributed by atoms with Crippen LogP contribution < -0.4 is 5.32 Å². The van der Waals surface area contributed by atoms with E-state index in [0.717, 1.165) is 6.42 Å². The smallest absolute Gasteiger partial charge is 0.274 e. The van der Waals surface area contributed by atoms with Gasteiger partial charge in [-0.2, -0.15) is 0 Å². The number of hydrogen-bond acceptors (Lipinski definition) is 5. The Morgan fingerprint density at radius 2 is 1.75 bits per heavy atom. The average molecular weight is 571 g/mol. The van der Waals surface area contributed by atoms with Crippen LogP contribution in [-0.2, 0) is 14.4 Å². The maximum absolute atomic E-state index is 12.9. The number of nitro benzene ring substituents is 1. The lowest BCUT2D eigenvalue weighted by molar-refractivity contribution is -0.385. The number of hydrogen-bond donors (Lipinski definition) is 1. The van der Waals surface area contributed by atoms with E-state index < -0.39 is 4.92 Å². The third kappa shape index (κ3) is 4.11. The molecule has 2 bridgehead atoms. The number of nitrogens with one attached hydrogen (secondary N) is 1. The number of anilines is 1. The van der Waals surface area contributed by atoms with Crippen LogP contribution in [-0.4, -0.2) is 43.7 Å². The minimum absolute atomic E-state index is 0.0292. The number of benzene rings is 1. The molecule has 1 heterocycles. The fourth-order valence-electron chi connectivity index (χ4n) is 5.47. The van der Waals surface area contributed by atoms with Crippen LogP contribution in [0.25, 0.3) is 0 Å². The van der Waals surface area contributed by atoms with E-state index in [0.29, 0.717) is 37.1 Å². The molecule has 2 aliphatic carbocycles. The van der Waals surface area contributed by atoms with E-state index in [1.807, 2.05) is 0 Å². The molecule has 6 atom stereocenters. The van der Waals surface area contributed by atoms with Crippen LogP contribution in [0.2, 0.25) is 0 Å². The molecule has 172 valence electrons.